The maximum absolute atomic E-state index is 13.5. The minimum Gasteiger partial charge on any atom is -0.381 e. The van der Waals surface area contributed by atoms with Crippen molar-refractivity contribution in [3.8, 4) is 0 Å². The van der Waals surface area contributed by atoms with E-state index < -0.39 is 41.8 Å². The lowest BCUT2D eigenvalue weighted by Gasteiger charge is -2.30. The standard InChI is InChI=1S/C30H38N4O5/c1-2-17-31-30(39)27(36)24(20-23-14-9-18-32-28(23)37)34-29(38)25(19-22-12-7-4-8-13-22)33-26(35)16-15-21-10-5-3-6-11-21/h3-8,10-13,15-16,23-25,27,36H,2,9,14,17-20H2,1H3,(H,31,39)(H,32,37)(H,33,35)(H,34,38)/b16-15+/t23-,24-,25-,27?/m0/s1. The molecule has 3 rings (SSSR count). The van der Waals surface area contributed by atoms with Crippen LogP contribution in [0, 0.1) is 5.92 Å². The summed E-state index contributed by atoms with van der Waals surface area (Å²) in [6.07, 6.45) is 3.80. The van der Waals surface area contributed by atoms with Crippen LogP contribution in [0.3, 0.4) is 0 Å². The van der Waals surface area contributed by atoms with Crippen LogP contribution in [0.2, 0.25) is 0 Å². The number of hydrogen-bond acceptors (Lipinski definition) is 5. The van der Waals surface area contributed by atoms with Crippen molar-refractivity contribution >= 4 is 29.7 Å². The number of benzene rings is 2. The van der Waals surface area contributed by atoms with Crippen LogP contribution >= 0.6 is 0 Å². The van der Waals surface area contributed by atoms with Crippen LogP contribution in [0.1, 0.15) is 43.7 Å². The highest BCUT2D eigenvalue weighted by Crippen LogP contribution is 2.19. The van der Waals surface area contributed by atoms with E-state index in [4.69, 9.17) is 0 Å². The topological polar surface area (TPSA) is 137 Å². The van der Waals surface area contributed by atoms with Gasteiger partial charge >= 0.3 is 0 Å². The molecule has 1 saturated heterocycles. The molecule has 9 heteroatoms. The third kappa shape index (κ3) is 9.68. The molecule has 39 heavy (non-hydrogen) atoms. The van der Waals surface area contributed by atoms with Gasteiger partial charge in [0, 0.05) is 31.5 Å². The molecule has 0 aromatic heterocycles. The quantitative estimate of drug-likeness (QED) is 0.249. The van der Waals surface area contributed by atoms with E-state index >= 15 is 0 Å². The summed E-state index contributed by atoms with van der Waals surface area (Å²) in [5, 5.41) is 21.9. The molecule has 4 atom stereocenters. The number of carbonyl (C=O) groups is 4. The summed E-state index contributed by atoms with van der Waals surface area (Å²) in [6, 6.07) is 16.6. The molecule has 2 aromatic carbocycles. The summed E-state index contributed by atoms with van der Waals surface area (Å²) >= 11 is 0. The Morgan fingerprint density at radius 2 is 1.72 bits per heavy atom. The minimum atomic E-state index is -1.55. The van der Waals surface area contributed by atoms with Crippen LogP contribution in [0.4, 0.5) is 0 Å². The van der Waals surface area contributed by atoms with Crippen molar-refractivity contribution in [2.45, 2.75) is 57.2 Å². The van der Waals surface area contributed by atoms with Gasteiger partial charge in [0.1, 0.15) is 6.04 Å². The predicted molar refractivity (Wildman–Crippen MR) is 149 cm³/mol. The van der Waals surface area contributed by atoms with Crippen LogP contribution < -0.4 is 21.3 Å². The van der Waals surface area contributed by atoms with Crippen molar-refractivity contribution in [1.29, 1.82) is 0 Å². The fourth-order valence-corrected chi connectivity index (χ4v) is 4.47. The van der Waals surface area contributed by atoms with Gasteiger partial charge in [-0.25, -0.2) is 0 Å². The maximum Gasteiger partial charge on any atom is 0.250 e. The molecule has 0 spiro atoms. The highest BCUT2D eigenvalue weighted by atomic mass is 16.3. The van der Waals surface area contributed by atoms with E-state index in [-0.39, 0.29) is 18.7 Å². The lowest BCUT2D eigenvalue weighted by atomic mass is 9.89. The molecule has 1 aliphatic rings. The van der Waals surface area contributed by atoms with Crippen LogP contribution in [-0.2, 0) is 25.6 Å². The number of piperidine rings is 1. The Labute approximate surface area is 229 Å². The number of amides is 4. The van der Waals surface area contributed by atoms with Crippen molar-refractivity contribution in [2.75, 3.05) is 13.1 Å². The Morgan fingerprint density at radius 1 is 1.03 bits per heavy atom. The number of nitrogens with one attached hydrogen (secondary N) is 4. The lowest BCUT2D eigenvalue weighted by molar-refractivity contribution is -0.135. The molecule has 1 aliphatic heterocycles. The summed E-state index contributed by atoms with van der Waals surface area (Å²) < 4.78 is 0. The number of rotatable bonds is 13. The second-order valence-corrected chi connectivity index (χ2v) is 9.71. The largest absolute Gasteiger partial charge is 0.381 e. The first-order chi connectivity index (χ1) is 18.9. The molecule has 208 valence electrons. The molecule has 0 bridgehead atoms. The normalized spacial score (nSPS) is 17.5. The summed E-state index contributed by atoms with van der Waals surface area (Å²) in [6.45, 7) is 2.84. The van der Waals surface area contributed by atoms with Gasteiger partial charge in [0.15, 0.2) is 6.10 Å². The van der Waals surface area contributed by atoms with Crippen molar-refractivity contribution in [2.24, 2.45) is 5.92 Å². The third-order valence-corrected chi connectivity index (χ3v) is 6.61. The van der Waals surface area contributed by atoms with Crippen LogP contribution in [0.15, 0.2) is 66.7 Å². The first-order valence-corrected chi connectivity index (χ1v) is 13.5. The van der Waals surface area contributed by atoms with Gasteiger partial charge < -0.3 is 26.4 Å². The molecular weight excluding hydrogens is 496 g/mol. The third-order valence-electron chi connectivity index (χ3n) is 6.61. The zero-order valence-electron chi connectivity index (χ0n) is 22.3. The lowest BCUT2D eigenvalue weighted by Crippen LogP contribution is -2.57. The van der Waals surface area contributed by atoms with Gasteiger partial charge in [-0.2, -0.15) is 0 Å². The number of aliphatic hydroxyl groups is 1. The Kier molecular flexibility index (Phi) is 11.7. The number of hydrogen-bond donors (Lipinski definition) is 5. The SMILES string of the molecule is CCCNC(=O)C(O)[C@H](C[C@@H]1CCCNC1=O)NC(=O)[C@H](Cc1ccccc1)NC(=O)/C=C/c1ccccc1. The molecule has 1 unspecified atom stereocenters. The first-order valence-electron chi connectivity index (χ1n) is 13.5. The molecule has 1 heterocycles. The summed E-state index contributed by atoms with van der Waals surface area (Å²) in [7, 11) is 0. The van der Waals surface area contributed by atoms with Gasteiger partial charge in [0.25, 0.3) is 5.91 Å². The van der Waals surface area contributed by atoms with E-state index in [0.717, 1.165) is 17.5 Å². The number of carbonyl (C=O) groups excluding carboxylic acids is 4. The molecule has 9 nitrogen and oxygen atoms in total. The van der Waals surface area contributed by atoms with Gasteiger partial charge in [-0.3, -0.25) is 19.2 Å². The van der Waals surface area contributed by atoms with Crippen molar-refractivity contribution < 1.29 is 24.3 Å². The second-order valence-electron chi connectivity index (χ2n) is 9.71. The van der Waals surface area contributed by atoms with E-state index in [1.165, 1.54) is 6.08 Å². The van der Waals surface area contributed by atoms with Gasteiger partial charge in [-0.15, -0.1) is 0 Å². The summed E-state index contributed by atoms with van der Waals surface area (Å²) in [5.74, 6) is -2.24. The minimum absolute atomic E-state index is 0.0954. The molecule has 5 N–H and O–H groups in total. The van der Waals surface area contributed by atoms with E-state index in [1.54, 1.807) is 6.08 Å². The van der Waals surface area contributed by atoms with Crippen molar-refractivity contribution in [3.05, 3.63) is 77.9 Å². The molecular formula is C30H38N4O5. The van der Waals surface area contributed by atoms with Crippen LogP contribution in [0.5, 0.6) is 0 Å². The predicted octanol–water partition coefficient (Wildman–Crippen LogP) is 1.72. The van der Waals surface area contributed by atoms with Crippen LogP contribution in [0.25, 0.3) is 6.08 Å². The van der Waals surface area contributed by atoms with Gasteiger partial charge in [-0.1, -0.05) is 67.6 Å². The Bertz CT molecular complexity index is 1120. The van der Waals surface area contributed by atoms with Crippen LogP contribution in [-0.4, -0.2) is 60.0 Å². The second kappa shape index (κ2) is 15.4. The smallest absolute Gasteiger partial charge is 0.250 e. The fourth-order valence-electron chi connectivity index (χ4n) is 4.47. The monoisotopic (exact) mass is 534 g/mol. The summed E-state index contributed by atoms with van der Waals surface area (Å²) in [4.78, 5) is 51.4. The molecule has 0 radical (unpaired) electrons. The average Bonchev–Trinajstić information content (AvgIpc) is 2.95. The van der Waals surface area contributed by atoms with Crippen molar-refractivity contribution in [3.63, 3.8) is 0 Å². The zero-order valence-corrected chi connectivity index (χ0v) is 22.3. The van der Waals surface area contributed by atoms with Crippen molar-refractivity contribution in [1.82, 2.24) is 21.3 Å². The first kappa shape index (κ1) is 29.6. The zero-order chi connectivity index (χ0) is 28.0. The molecule has 4 amide bonds. The number of aliphatic hydroxyl groups excluding tert-OH is 1. The van der Waals surface area contributed by atoms with E-state index in [9.17, 15) is 24.3 Å². The highest BCUT2D eigenvalue weighted by molar-refractivity contribution is 5.96. The van der Waals surface area contributed by atoms with Gasteiger partial charge in [-0.05, 0) is 42.9 Å². The molecule has 1 fully saturated rings. The molecule has 0 aliphatic carbocycles. The van der Waals surface area contributed by atoms with E-state index in [0.29, 0.717) is 25.9 Å². The van der Waals surface area contributed by atoms with E-state index in [2.05, 4.69) is 21.3 Å². The van der Waals surface area contributed by atoms with Gasteiger partial charge in [0.2, 0.25) is 17.7 Å². The Balaban J connectivity index is 1.78. The van der Waals surface area contributed by atoms with Gasteiger partial charge in [0.05, 0.1) is 6.04 Å². The molecule has 0 saturated carbocycles. The Morgan fingerprint density at radius 3 is 2.38 bits per heavy atom. The fraction of sp³-hybridized carbons (Fsp3) is 0.400. The van der Waals surface area contributed by atoms with E-state index in [1.807, 2.05) is 67.6 Å². The maximum atomic E-state index is 13.5. The highest BCUT2D eigenvalue weighted by Gasteiger charge is 2.34. The molecule has 2 aromatic rings. The summed E-state index contributed by atoms with van der Waals surface area (Å²) in [5.41, 5.74) is 1.66. The average molecular weight is 535 g/mol. The Hall–Kier alpha value is -3.98.